The molecule has 1 saturated carbocycles. The van der Waals surface area contributed by atoms with Gasteiger partial charge >= 0.3 is 0 Å². The normalized spacial score (nSPS) is 18.9. The molecule has 0 bridgehead atoms. The molecule has 0 spiro atoms. The number of nitrogens with one attached hydrogen (secondary N) is 1. The van der Waals surface area contributed by atoms with Gasteiger partial charge in [-0.3, -0.25) is 4.79 Å². The molecule has 1 amide bonds. The Bertz CT molecular complexity index is 228. The second kappa shape index (κ2) is 7.63. The highest BCUT2D eigenvalue weighted by Gasteiger charge is 2.34. The van der Waals surface area contributed by atoms with Crippen molar-refractivity contribution >= 4 is 5.91 Å². The van der Waals surface area contributed by atoms with E-state index in [2.05, 4.69) is 5.32 Å². The van der Waals surface area contributed by atoms with Crippen LogP contribution < -0.4 is 11.1 Å². The predicted octanol–water partition coefficient (Wildman–Crippen LogP) is 0.427. The number of ether oxygens (including phenoxy) is 2. The van der Waals surface area contributed by atoms with E-state index in [4.69, 9.17) is 15.2 Å². The van der Waals surface area contributed by atoms with Crippen molar-refractivity contribution < 1.29 is 14.3 Å². The molecule has 1 fully saturated rings. The first-order valence-electron chi connectivity index (χ1n) is 6.33. The number of methoxy groups -OCH3 is 1. The Morgan fingerprint density at radius 1 is 1.24 bits per heavy atom. The molecule has 5 nitrogen and oxygen atoms in total. The molecule has 0 aromatic carbocycles. The molecule has 0 aromatic rings. The van der Waals surface area contributed by atoms with Crippen LogP contribution in [-0.4, -0.2) is 44.9 Å². The second-order valence-electron chi connectivity index (χ2n) is 4.58. The van der Waals surface area contributed by atoms with Gasteiger partial charge in [0, 0.05) is 13.7 Å². The molecule has 5 heteroatoms. The third-order valence-corrected chi connectivity index (χ3v) is 3.16. The van der Waals surface area contributed by atoms with Crippen LogP contribution in [0.1, 0.15) is 32.1 Å². The van der Waals surface area contributed by atoms with Crippen LogP contribution in [0.15, 0.2) is 0 Å². The summed E-state index contributed by atoms with van der Waals surface area (Å²) in [6.45, 7) is 2.15. The number of amides is 1. The van der Waals surface area contributed by atoms with Crippen molar-refractivity contribution in [2.24, 2.45) is 5.73 Å². The molecule has 0 aliphatic heterocycles. The van der Waals surface area contributed by atoms with Gasteiger partial charge in [0.15, 0.2) is 0 Å². The molecule has 1 rings (SSSR count). The molecule has 3 N–H and O–H groups in total. The molecule has 0 atom stereocenters. The monoisotopic (exact) mass is 244 g/mol. The Kier molecular flexibility index (Phi) is 6.47. The summed E-state index contributed by atoms with van der Waals surface area (Å²) in [5.41, 5.74) is 5.44. The molecular formula is C12H24N2O3. The third kappa shape index (κ3) is 5.02. The summed E-state index contributed by atoms with van der Waals surface area (Å²) in [5, 5.41) is 2.84. The number of hydrogen-bond acceptors (Lipinski definition) is 4. The Morgan fingerprint density at radius 3 is 2.59 bits per heavy atom. The summed E-state index contributed by atoms with van der Waals surface area (Å²) < 4.78 is 10.1. The Labute approximate surface area is 103 Å². The van der Waals surface area contributed by atoms with Gasteiger partial charge in [0.1, 0.15) is 0 Å². The van der Waals surface area contributed by atoms with Crippen molar-refractivity contribution in [3.05, 3.63) is 0 Å². The standard InChI is InChI=1S/C12H24N2O3/c1-16-9-10-17-8-7-14-11(15)12(13)5-3-2-4-6-12/h2-10,13H2,1H3,(H,14,15). The average Bonchev–Trinajstić information content (AvgIpc) is 2.34. The molecule has 0 saturated heterocycles. The summed E-state index contributed by atoms with van der Waals surface area (Å²) in [7, 11) is 1.63. The predicted molar refractivity (Wildman–Crippen MR) is 65.7 cm³/mol. The van der Waals surface area contributed by atoms with Crippen LogP contribution in [0.2, 0.25) is 0 Å². The number of rotatable bonds is 7. The van der Waals surface area contributed by atoms with Gasteiger partial charge in [-0.25, -0.2) is 0 Å². The zero-order valence-corrected chi connectivity index (χ0v) is 10.7. The van der Waals surface area contributed by atoms with Crippen LogP contribution in [0, 0.1) is 0 Å². The molecule has 1 aliphatic carbocycles. The zero-order chi connectivity index (χ0) is 12.6. The Morgan fingerprint density at radius 2 is 1.94 bits per heavy atom. The largest absolute Gasteiger partial charge is 0.382 e. The molecule has 0 heterocycles. The fourth-order valence-electron chi connectivity index (χ4n) is 2.07. The Balaban J connectivity index is 2.11. The van der Waals surface area contributed by atoms with Crippen LogP contribution in [0.4, 0.5) is 0 Å². The van der Waals surface area contributed by atoms with Crippen molar-refractivity contribution in [1.82, 2.24) is 5.32 Å². The molecule has 100 valence electrons. The van der Waals surface area contributed by atoms with E-state index in [1.54, 1.807) is 7.11 Å². The number of nitrogens with two attached hydrogens (primary N) is 1. The molecule has 0 aromatic heterocycles. The first-order chi connectivity index (χ1) is 8.19. The quantitative estimate of drug-likeness (QED) is 0.637. The van der Waals surface area contributed by atoms with E-state index in [9.17, 15) is 4.79 Å². The lowest BCUT2D eigenvalue weighted by Gasteiger charge is -2.31. The summed E-state index contributed by atoms with van der Waals surface area (Å²) in [6, 6.07) is 0. The van der Waals surface area contributed by atoms with E-state index in [0.717, 1.165) is 25.7 Å². The lowest BCUT2D eigenvalue weighted by atomic mass is 9.82. The maximum Gasteiger partial charge on any atom is 0.240 e. The molecular weight excluding hydrogens is 220 g/mol. The summed E-state index contributed by atoms with van der Waals surface area (Å²) in [5.74, 6) is -0.0347. The van der Waals surface area contributed by atoms with Crippen molar-refractivity contribution in [1.29, 1.82) is 0 Å². The summed E-state index contributed by atoms with van der Waals surface area (Å²) in [6.07, 6.45) is 4.88. The molecule has 1 aliphatic rings. The minimum Gasteiger partial charge on any atom is -0.382 e. The molecule has 17 heavy (non-hydrogen) atoms. The van der Waals surface area contributed by atoms with E-state index >= 15 is 0 Å². The minimum atomic E-state index is -0.648. The van der Waals surface area contributed by atoms with E-state index in [-0.39, 0.29) is 5.91 Å². The topological polar surface area (TPSA) is 73.6 Å². The van der Waals surface area contributed by atoms with Gasteiger partial charge in [0.2, 0.25) is 5.91 Å². The van der Waals surface area contributed by atoms with Crippen LogP contribution in [-0.2, 0) is 14.3 Å². The highest BCUT2D eigenvalue weighted by molar-refractivity contribution is 5.86. The first-order valence-corrected chi connectivity index (χ1v) is 6.33. The fourth-order valence-corrected chi connectivity index (χ4v) is 2.07. The van der Waals surface area contributed by atoms with Crippen LogP contribution >= 0.6 is 0 Å². The van der Waals surface area contributed by atoms with Crippen LogP contribution in [0.3, 0.4) is 0 Å². The lowest BCUT2D eigenvalue weighted by molar-refractivity contribution is -0.127. The summed E-state index contributed by atoms with van der Waals surface area (Å²) in [4.78, 5) is 11.9. The Hall–Kier alpha value is -0.650. The lowest BCUT2D eigenvalue weighted by Crippen LogP contribution is -2.55. The van der Waals surface area contributed by atoms with Crippen molar-refractivity contribution in [2.75, 3.05) is 33.5 Å². The number of hydrogen-bond donors (Lipinski definition) is 2. The van der Waals surface area contributed by atoms with E-state index in [1.165, 1.54) is 6.42 Å². The number of carbonyl (C=O) groups excluding carboxylic acids is 1. The number of carbonyl (C=O) groups is 1. The van der Waals surface area contributed by atoms with E-state index in [0.29, 0.717) is 26.4 Å². The molecule has 0 unspecified atom stereocenters. The van der Waals surface area contributed by atoms with Crippen molar-refractivity contribution in [3.8, 4) is 0 Å². The maximum atomic E-state index is 11.9. The first kappa shape index (κ1) is 14.4. The minimum absolute atomic E-state index is 0.0347. The summed E-state index contributed by atoms with van der Waals surface area (Å²) >= 11 is 0. The van der Waals surface area contributed by atoms with Gasteiger partial charge in [-0.2, -0.15) is 0 Å². The van der Waals surface area contributed by atoms with Gasteiger partial charge in [-0.1, -0.05) is 19.3 Å². The highest BCUT2D eigenvalue weighted by atomic mass is 16.5. The maximum absolute atomic E-state index is 11.9. The van der Waals surface area contributed by atoms with Gasteiger partial charge in [-0.05, 0) is 12.8 Å². The average molecular weight is 244 g/mol. The van der Waals surface area contributed by atoms with Gasteiger partial charge in [0.05, 0.1) is 25.4 Å². The second-order valence-corrected chi connectivity index (χ2v) is 4.58. The fraction of sp³-hybridized carbons (Fsp3) is 0.917. The smallest absolute Gasteiger partial charge is 0.240 e. The van der Waals surface area contributed by atoms with Gasteiger partial charge in [0.25, 0.3) is 0 Å². The van der Waals surface area contributed by atoms with Crippen molar-refractivity contribution in [3.63, 3.8) is 0 Å². The van der Waals surface area contributed by atoms with Crippen LogP contribution in [0.25, 0.3) is 0 Å². The highest BCUT2D eigenvalue weighted by Crippen LogP contribution is 2.25. The van der Waals surface area contributed by atoms with Crippen LogP contribution in [0.5, 0.6) is 0 Å². The van der Waals surface area contributed by atoms with E-state index in [1.807, 2.05) is 0 Å². The SMILES string of the molecule is COCCOCCNC(=O)C1(N)CCCCC1. The zero-order valence-electron chi connectivity index (χ0n) is 10.7. The third-order valence-electron chi connectivity index (χ3n) is 3.16. The van der Waals surface area contributed by atoms with E-state index < -0.39 is 5.54 Å². The van der Waals surface area contributed by atoms with Gasteiger partial charge in [-0.15, -0.1) is 0 Å². The van der Waals surface area contributed by atoms with Crippen molar-refractivity contribution in [2.45, 2.75) is 37.6 Å². The van der Waals surface area contributed by atoms with Gasteiger partial charge < -0.3 is 20.5 Å². The molecule has 0 radical (unpaired) electrons.